The molecule has 0 nitrogen and oxygen atoms in total. The standard InChI is InChI=1S/C20H24F2S2/c1-3-15(17-9-5-7-11-19(17)21)13-23-24-14-16(4-2)18-10-6-8-12-20(18)22/h5-12,15-16H,3-4,13-14H2,1-2H3. The SMILES string of the molecule is CCC(CSSCC(CC)c1ccccc1F)c1ccccc1F. The maximum absolute atomic E-state index is 13.9. The van der Waals surface area contributed by atoms with Gasteiger partial charge in [0.15, 0.2) is 0 Å². The first-order valence-electron chi connectivity index (χ1n) is 8.40. The monoisotopic (exact) mass is 366 g/mol. The van der Waals surface area contributed by atoms with E-state index in [-0.39, 0.29) is 23.5 Å². The van der Waals surface area contributed by atoms with Crippen LogP contribution in [0, 0.1) is 11.6 Å². The van der Waals surface area contributed by atoms with Gasteiger partial charge in [-0.25, -0.2) is 8.78 Å². The molecule has 0 radical (unpaired) electrons. The zero-order chi connectivity index (χ0) is 17.4. The molecule has 0 fully saturated rings. The van der Waals surface area contributed by atoms with E-state index < -0.39 is 0 Å². The van der Waals surface area contributed by atoms with Crippen LogP contribution >= 0.6 is 21.6 Å². The van der Waals surface area contributed by atoms with Gasteiger partial charge in [-0.1, -0.05) is 71.8 Å². The van der Waals surface area contributed by atoms with Gasteiger partial charge >= 0.3 is 0 Å². The van der Waals surface area contributed by atoms with Crippen LogP contribution in [0.3, 0.4) is 0 Å². The molecule has 4 heteroatoms. The first-order valence-corrected chi connectivity index (χ1v) is 10.9. The Hall–Kier alpha value is -1.00. The maximum Gasteiger partial charge on any atom is 0.126 e. The molecule has 2 aromatic rings. The summed E-state index contributed by atoms with van der Waals surface area (Å²) in [5.74, 6) is 1.95. The lowest BCUT2D eigenvalue weighted by Crippen LogP contribution is -2.04. The lowest BCUT2D eigenvalue weighted by atomic mass is 9.98. The molecule has 0 aliphatic carbocycles. The average Bonchev–Trinajstić information content (AvgIpc) is 2.60. The largest absolute Gasteiger partial charge is 0.207 e. The Morgan fingerprint density at radius 1 is 0.708 bits per heavy atom. The van der Waals surface area contributed by atoms with Crippen LogP contribution in [0.4, 0.5) is 8.78 Å². The Kier molecular flexibility index (Phi) is 8.13. The smallest absolute Gasteiger partial charge is 0.126 e. The van der Waals surface area contributed by atoms with E-state index in [9.17, 15) is 8.78 Å². The summed E-state index contributed by atoms with van der Waals surface area (Å²) >= 11 is 0. The molecule has 130 valence electrons. The fourth-order valence-corrected chi connectivity index (χ4v) is 5.64. The highest BCUT2D eigenvalue weighted by Crippen LogP contribution is 2.35. The van der Waals surface area contributed by atoms with Crippen molar-refractivity contribution in [3.05, 3.63) is 71.3 Å². The van der Waals surface area contributed by atoms with E-state index in [2.05, 4.69) is 13.8 Å². The van der Waals surface area contributed by atoms with Crippen LogP contribution < -0.4 is 0 Å². The highest BCUT2D eigenvalue weighted by atomic mass is 33.1. The van der Waals surface area contributed by atoms with Crippen molar-refractivity contribution in [3.8, 4) is 0 Å². The molecular weight excluding hydrogens is 342 g/mol. The third kappa shape index (κ3) is 5.25. The minimum atomic E-state index is -0.118. The van der Waals surface area contributed by atoms with Gasteiger partial charge in [0.1, 0.15) is 11.6 Å². The summed E-state index contributed by atoms with van der Waals surface area (Å²) in [5, 5.41) is 0. The summed E-state index contributed by atoms with van der Waals surface area (Å²) in [5.41, 5.74) is 1.60. The van der Waals surface area contributed by atoms with Gasteiger partial charge in [0, 0.05) is 11.5 Å². The van der Waals surface area contributed by atoms with Crippen molar-refractivity contribution < 1.29 is 8.78 Å². The van der Waals surface area contributed by atoms with E-state index in [0.29, 0.717) is 0 Å². The molecule has 2 unspecified atom stereocenters. The predicted molar refractivity (Wildman–Crippen MR) is 104 cm³/mol. The number of halogens is 2. The van der Waals surface area contributed by atoms with Gasteiger partial charge in [-0.2, -0.15) is 0 Å². The van der Waals surface area contributed by atoms with Gasteiger partial charge in [-0.05, 0) is 47.9 Å². The predicted octanol–water partition coefficient (Wildman–Crippen LogP) is 7.03. The van der Waals surface area contributed by atoms with Crippen LogP contribution in [-0.4, -0.2) is 11.5 Å². The summed E-state index contributed by atoms with van der Waals surface area (Å²) in [6, 6.07) is 14.1. The Morgan fingerprint density at radius 3 is 1.42 bits per heavy atom. The van der Waals surface area contributed by atoms with Crippen LogP contribution in [0.15, 0.2) is 48.5 Å². The molecule has 2 atom stereocenters. The van der Waals surface area contributed by atoms with Crippen LogP contribution in [0.5, 0.6) is 0 Å². The topological polar surface area (TPSA) is 0 Å². The summed E-state index contributed by atoms with van der Waals surface area (Å²) in [7, 11) is 3.52. The van der Waals surface area contributed by atoms with Gasteiger partial charge in [-0.3, -0.25) is 0 Å². The molecule has 2 aromatic carbocycles. The molecule has 0 heterocycles. The number of hydrogen-bond acceptors (Lipinski definition) is 2. The number of hydrogen-bond donors (Lipinski definition) is 0. The molecular formula is C20H24F2S2. The minimum Gasteiger partial charge on any atom is -0.207 e. The Bertz CT molecular complexity index is 575. The zero-order valence-corrected chi connectivity index (χ0v) is 15.8. The van der Waals surface area contributed by atoms with E-state index in [1.807, 2.05) is 24.3 Å². The first-order chi connectivity index (χ1) is 11.7. The molecule has 2 rings (SSSR count). The fraction of sp³-hybridized carbons (Fsp3) is 0.400. The van der Waals surface area contributed by atoms with Crippen molar-refractivity contribution in [2.45, 2.75) is 38.5 Å². The molecule has 0 aliphatic heterocycles. The van der Waals surface area contributed by atoms with Crippen molar-refractivity contribution in [1.29, 1.82) is 0 Å². The van der Waals surface area contributed by atoms with E-state index in [4.69, 9.17) is 0 Å². The van der Waals surface area contributed by atoms with E-state index >= 15 is 0 Å². The molecule has 0 aliphatic rings. The van der Waals surface area contributed by atoms with Crippen LogP contribution in [0.1, 0.15) is 49.7 Å². The summed E-state index contributed by atoms with van der Waals surface area (Å²) in [6.07, 6.45) is 1.83. The van der Waals surface area contributed by atoms with Crippen LogP contribution in [-0.2, 0) is 0 Å². The summed E-state index contributed by atoms with van der Waals surface area (Å²) < 4.78 is 27.9. The summed E-state index contributed by atoms with van der Waals surface area (Å²) in [4.78, 5) is 0. The lowest BCUT2D eigenvalue weighted by molar-refractivity contribution is 0.585. The third-order valence-corrected chi connectivity index (χ3v) is 6.86. The quantitative estimate of drug-likeness (QED) is 0.345. The van der Waals surface area contributed by atoms with Crippen LogP contribution in [0.2, 0.25) is 0 Å². The van der Waals surface area contributed by atoms with E-state index in [0.717, 1.165) is 35.5 Å². The Labute approximate surface area is 151 Å². The van der Waals surface area contributed by atoms with Crippen molar-refractivity contribution in [1.82, 2.24) is 0 Å². The molecule has 0 N–H and O–H groups in total. The van der Waals surface area contributed by atoms with Crippen molar-refractivity contribution in [3.63, 3.8) is 0 Å². The number of benzene rings is 2. The Balaban J connectivity index is 1.87. The second kappa shape index (κ2) is 10.1. The highest BCUT2D eigenvalue weighted by Gasteiger charge is 2.16. The van der Waals surface area contributed by atoms with Gasteiger partial charge in [0.25, 0.3) is 0 Å². The Morgan fingerprint density at radius 2 is 1.08 bits per heavy atom. The van der Waals surface area contributed by atoms with E-state index in [1.54, 1.807) is 33.7 Å². The molecule has 0 bridgehead atoms. The third-order valence-electron chi connectivity index (χ3n) is 4.30. The molecule has 24 heavy (non-hydrogen) atoms. The fourth-order valence-electron chi connectivity index (χ4n) is 2.73. The average molecular weight is 367 g/mol. The second-order valence-electron chi connectivity index (χ2n) is 5.82. The van der Waals surface area contributed by atoms with Gasteiger partial charge < -0.3 is 0 Å². The van der Waals surface area contributed by atoms with Gasteiger partial charge in [0.2, 0.25) is 0 Å². The van der Waals surface area contributed by atoms with Crippen molar-refractivity contribution >= 4 is 21.6 Å². The zero-order valence-electron chi connectivity index (χ0n) is 14.2. The molecule has 0 amide bonds. The van der Waals surface area contributed by atoms with Gasteiger partial charge in [-0.15, -0.1) is 0 Å². The molecule has 0 aromatic heterocycles. The summed E-state index contributed by atoms with van der Waals surface area (Å²) in [6.45, 7) is 4.19. The van der Waals surface area contributed by atoms with Crippen molar-refractivity contribution in [2.24, 2.45) is 0 Å². The normalized spacial score (nSPS) is 13.7. The number of rotatable bonds is 9. The second-order valence-corrected chi connectivity index (χ2v) is 8.37. The maximum atomic E-state index is 13.9. The minimum absolute atomic E-state index is 0.118. The van der Waals surface area contributed by atoms with Crippen LogP contribution in [0.25, 0.3) is 0 Å². The van der Waals surface area contributed by atoms with E-state index in [1.165, 1.54) is 12.1 Å². The van der Waals surface area contributed by atoms with Crippen molar-refractivity contribution in [2.75, 3.05) is 11.5 Å². The molecule has 0 spiro atoms. The molecule has 0 saturated heterocycles. The highest BCUT2D eigenvalue weighted by molar-refractivity contribution is 8.76. The lowest BCUT2D eigenvalue weighted by Gasteiger charge is -2.18. The van der Waals surface area contributed by atoms with Gasteiger partial charge in [0.05, 0.1) is 0 Å². The first kappa shape index (κ1) is 19.3. The molecule has 0 saturated carbocycles.